The molecule has 0 bridgehead atoms. The van der Waals surface area contributed by atoms with Crippen molar-refractivity contribution in [3.8, 4) is 0 Å². The maximum atomic E-state index is 12.4. The van der Waals surface area contributed by atoms with Gasteiger partial charge >= 0.3 is 0 Å². The van der Waals surface area contributed by atoms with E-state index in [1.807, 2.05) is 13.8 Å². The first-order valence-corrected chi connectivity index (χ1v) is 6.79. The highest BCUT2D eigenvalue weighted by Crippen LogP contribution is 2.20. The molecule has 2 rings (SSSR count). The standard InChI is InChI=1S/C13H18F2N4O2/c1-7(2)19-6-8(3-11(19)20)5-16-13(21)10-4-9(12(14)15)17-18-10/h4,7-8,12H,3,5-6H2,1-2H3,(H,16,21)(H,17,18). The van der Waals surface area contributed by atoms with Gasteiger partial charge in [0.05, 0.1) is 0 Å². The van der Waals surface area contributed by atoms with Gasteiger partial charge in [-0.3, -0.25) is 14.7 Å². The average molecular weight is 300 g/mol. The molecule has 2 amide bonds. The summed E-state index contributed by atoms with van der Waals surface area (Å²) in [7, 11) is 0. The second kappa shape index (κ2) is 6.19. The zero-order valence-electron chi connectivity index (χ0n) is 11.9. The number of halogens is 2. The van der Waals surface area contributed by atoms with Crippen LogP contribution in [0, 0.1) is 5.92 Å². The predicted octanol–water partition coefficient (Wildman–Crippen LogP) is 1.33. The molecular weight excluding hydrogens is 282 g/mol. The summed E-state index contributed by atoms with van der Waals surface area (Å²) in [6.07, 6.45) is -2.30. The lowest BCUT2D eigenvalue weighted by atomic mass is 10.1. The number of hydrogen-bond acceptors (Lipinski definition) is 3. The second-order valence-electron chi connectivity index (χ2n) is 5.43. The molecule has 0 aliphatic carbocycles. The van der Waals surface area contributed by atoms with Gasteiger partial charge in [-0.15, -0.1) is 0 Å². The molecule has 2 heterocycles. The molecule has 1 saturated heterocycles. The number of amides is 2. The van der Waals surface area contributed by atoms with E-state index in [0.29, 0.717) is 19.5 Å². The number of alkyl halides is 2. The van der Waals surface area contributed by atoms with Gasteiger partial charge in [0.25, 0.3) is 12.3 Å². The third-order valence-corrected chi connectivity index (χ3v) is 3.48. The Kier molecular flexibility index (Phi) is 4.54. The smallest absolute Gasteiger partial charge is 0.279 e. The molecule has 116 valence electrons. The van der Waals surface area contributed by atoms with Crippen molar-refractivity contribution in [2.24, 2.45) is 5.92 Å². The average Bonchev–Trinajstić information content (AvgIpc) is 3.02. The van der Waals surface area contributed by atoms with E-state index in [1.54, 1.807) is 4.90 Å². The highest BCUT2D eigenvalue weighted by Gasteiger charge is 2.31. The van der Waals surface area contributed by atoms with Crippen LogP contribution in [0.25, 0.3) is 0 Å². The lowest BCUT2D eigenvalue weighted by molar-refractivity contribution is -0.129. The molecule has 1 fully saturated rings. The van der Waals surface area contributed by atoms with Crippen LogP contribution in [-0.2, 0) is 4.79 Å². The second-order valence-corrected chi connectivity index (χ2v) is 5.43. The topological polar surface area (TPSA) is 78.1 Å². The molecule has 1 aromatic rings. The van der Waals surface area contributed by atoms with Crippen molar-refractivity contribution in [3.05, 3.63) is 17.5 Å². The number of aromatic nitrogens is 2. The van der Waals surface area contributed by atoms with Gasteiger partial charge < -0.3 is 10.2 Å². The highest BCUT2D eigenvalue weighted by molar-refractivity contribution is 5.92. The van der Waals surface area contributed by atoms with Crippen molar-refractivity contribution in [3.63, 3.8) is 0 Å². The summed E-state index contributed by atoms with van der Waals surface area (Å²) in [4.78, 5) is 25.3. The number of nitrogens with one attached hydrogen (secondary N) is 2. The Morgan fingerprint density at radius 3 is 2.81 bits per heavy atom. The first kappa shape index (κ1) is 15.4. The molecule has 6 nitrogen and oxygen atoms in total. The first-order chi connectivity index (χ1) is 9.88. The third kappa shape index (κ3) is 3.56. The van der Waals surface area contributed by atoms with Gasteiger partial charge in [0.1, 0.15) is 11.4 Å². The summed E-state index contributed by atoms with van der Waals surface area (Å²) in [5.41, 5.74) is -0.461. The van der Waals surface area contributed by atoms with Gasteiger partial charge in [-0.05, 0) is 19.9 Å². The monoisotopic (exact) mass is 300 g/mol. The summed E-state index contributed by atoms with van der Waals surface area (Å²) in [5, 5.41) is 8.29. The van der Waals surface area contributed by atoms with Crippen molar-refractivity contribution in [2.45, 2.75) is 32.7 Å². The van der Waals surface area contributed by atoms with E-state index in [4.69, 9.17) is 0 Å². The van der Waals surface area contributed by atoms with E-state index < -0.39 is 12.3 Å². The molecule has 21 heavy (non-hydrogen) atoms. The van der Waals surface area contributed by atoms with E-state index in [-0.39, 0.29) is 29.3 Å². The minimum absolute atomic E-state index is 0.0392. The Morgan fingerprint density at radius 1 is 1.57 bits per heavy atom. The summed E-state index contributed by atoms with van der Waals surface area (Å²) < 4.78 is 24.8. The Hall–Kier alpha value is -1.99. The van der Waals surface area contributed by atoms with E-state index in [1.165, 1.54) is 0 Å². The van der Waals surface area contributed by atoms with Crippen molar-refractivity contribution in [1.29, 1.82) is 0 Å². The van der Waals surface area contributed by atoms with E-state index in [2.05, 4.69) is 15.5 Å². The molecule has 2 N–H and O–H groups in total. The molecule has 0 radical (unpaired) electrons. The van der Waals surface area contributed by atoms with Crippen LogP contribution in [0.2, 0.25) is 0 Å². The zero-order chi connectivity index (χ0) is 15.6. The van der Waals surface area contributed by atoms with Gasteiger partial charge in [0.15, 0.2) is 0 Å². The Bertz CT molecular complexity index is 530. The van der Waals surface area contributed by atoms with Gasteiger partial charge in [0, 0.05) is 31.5 Å². The summed E-state index contributed by atoms with van der Waals surface area (Å²) in [6, 6.07) is 1.17. The SMILES string of the molecule is CC(C)N1CC(CNC(=O)c2cc(C(F)F)[nH]n2)CC1=O. The molecule has 0 spiro atoms. The number of nitrogens with zero attached hydrogens (tertiary/aromatic N) is 2. The molecule has 1 aliphatic heterocycles. The number of likely N-dealkylation sites (tertiary alicyclic amines) is 1. The first-order valence-electron chi connectivity index (χ1n) is 6.79. The summed E-state index contributed by atoms with van der Waals surface area (Å²) in [6.45, 7) is 4.80. The fraction of sp³-hybridized carbons (Fsp3) is 0.615. The molecule has 1 aliphatic rings. The van der Waals surface area contributed by atoms with Gasteiger partial charge in [0.2, 0.25) is 5.91 Å². The molecular formula is C13H18F2N4O2. The van der Waals surface area contributed by atoms with Crippen LogP contribution in [0.5, 0.6) is 0 Å². The fourth-order valence-electron chi connectivity index (χ4n) is 2.34. The van der Waals surface area contributed by atoms with Crippen molar-refractivity contribution in [2.75, 3.05) is 13.1 Å². The number of carbonyl (C=O) groups excluding carboxylic acids is 2. The number of aromatic amines is 1. The van der Waals surface area contributed by atoms with Crippen LogP contribution in [0.3, 0.4) is 0 Å². The van der Waals surface area contributed by atoms with Crippen LogP contribution in [-0.4, -0.2) is 46.0 Å². The van der Waals surface area contributed by atoms with Crippen LogP contribution < -0.4 is 5.32 Å². The van der Waals surface area contributed by atoms with E-state index >= 15 is 0 Å². The number of hydrogen-bond donors (Lipinski definition) is 2. The van der Waals surface area contributed by atoms with Gasteiger partial charge in [-0.2, -0.15) is 5.10 Å². The quantitative estimate of drug-likeness (QED) is 0.861. The minimum Gasteiger partial charge on any atom is -0.350 e. The van der Waals surface area contributed by atoms with E-state index in [0.717, 1.165) is 6.07 Å². The fourth-order valence-corrected chi connectivity index (χ4v) is 2.34. The van der Waals surface area contributed by atoms with E-state index in [9.17, 15) is 18.4 Å². The molecule has 0 aromatic carbocycles. The Morgan fingerprint density at radius 2 is 2.29 bits per heavy atom. The molecule has 1 atom stereocenters. The van der Waals surface area contributed by atoms with Crippen LogP contribution in [0.15, 0.2) is 6.07 Å². The zero-order valence-corrected chi connectivity index (χ0v) is 11.9. The summed E-state index contributed by atoms with van der Waals surface area (Å²) >= 11 is 0. The Balaban J connectivity index is 1.85. The maximum Gasteiger partial charge on any atom is 0.279 e. The lowest BCUT2D eigenvalue weighted by Crippen LogP contribution is -2.34. The lowest BCUT2D eigenvalue weighted by Gasteiger charge is -2.20. The van der Waals surface area contributed by atoms with Crippen LogP contribution >= 0.6 is 0 Å². The van der Waals surface area contributed by atoms with Gasteiger partial charge in [-0.1, -0.05) is 0 Å². The largest absolute Gasteiger partial charge is 0.350 e. The highest BCUT2D eigenvalue weighted by atomic mass is 19.3. The maximum absolute atomic E-state index is 12.4. The third-order valence-electron chi connectivity index (χ3n) is 3.48. The van der Waals surface area contributed by atoms with Crippen molar-refractivity contribution >= 4 is 11.8 Å². The van der Waals surface area contributed by atoms with Crippen molar-refractivity contribution in [1.82, 2.24) is 20.4 Å². The number of rotatable bonds is 5. The molecule has 8 heteroatoms. The van der Waals surface area contributed by atoms with Crippen LogP contribution in [0.4, 0.5) is 8.78 Å². The molecule has 1 unspecified atom stereocenters. The normalized spacial score (nSPS) is 18.9. The van der Waals surface area contributed by atoms with Crippen molar-refractivity contribution < 1.29 is 18.4 Å². The summed E-state index contributed by atoms with van der Waals surface area (Å²) in [5.74, 6) is -0.407. The molecule has 0 saturated carbocycles. The van der Waals surface area contributed by atoms with Gasteiger partial charge in [-0.25, -0.2) is 8.78 Å². The minimum atomic E-state index is -2.69. The molecule has 1 aromatic heterocycles. The number of carbonyl (C=O) groups is 2. The Labute approximate surface area is 120 Å². The number of H-pyrrole nitrogens is 1. The predicted molar refractivity (Wildman–Crippen MR) is 70.8 cm³/mol. The van der Waals surface area contributed by atoms with Crippen LogP contribution in [0.1, 0.15) is 42.9 Å².